The molecule has 0 aromatic carbocycles. The monoisotopic (exact) mass is 262 g/mol. The molecule has 0 bridgehead atoms. The number of likely N-dealkylation sites (N-methyl/N-ethyl adjacent to an activating group) is 1. The lowest BCUT2D eigenvalue weighted by Crippen LogP contribution is -2.31. The fourth-order valence-electron chi connectivity index (χ4n) is 1.59. The minimum Gasteiger partial charge on any atom is -0.478 e. The second-order valence-corrected chi connectivity index (χ2v) is 4.23. The second kappa shape index (κ2) is 6.68. The SMILES string of the molecule is CCN(Cc1ccncc1)C(=O)/C(C)=C(/C)C(=O)O. The maximum Gasteiger partial charge on any atom is 0.331 e. The van der Waals surface area contributed by atoms with Gasteiger partial charge in [0.2, 0.25) is 5.91 Å². The van der Waals surface area contributed by atoms with Crippen molar-refractivity contribution in [2.45, 2.75) is 27.3 Å². The summed E-state index contributed by atoms with van der Waals surface area (Å²) in [6.45, 7) is 5.81. The molecule has 1 rings (SSSR count). The van der Waals surface area contributed by atoms with Crippen LogP contribution in [-0.2, 0) is 16.1 Å². The molecule has 0 aliphatic rings. The van der Waals surface area contributed by atoms with Crippen LogP contribution in [0, 0.1) is 0 Å². The van der Waals surface area contributed by atoms with E-state index in [4.69, 9.17) is 5.11 Å². The van der Waals surface area contributed by atoms with E-state index < -0.39 is 5.97 Å². The summed E-state index contributed by atoms with van der Waals surface area (Å²) in [5.41, 5.74) is 1.31. The van der Waals surface area contributed by atoms with Crippen molar-refractivity contribution in [3.8, 4) is 0 Å². The van der Waals surface area contributed by atoms with Gasteiger partial charge in [0.25, 0.3) is 0 Å². The molecule has 0 fully saturated rings. The fourth-order valence-corrected chi connectivity index (χ4v) is 1.59. The fraction of sp³-hybridized carbons (Fsp3) is 0.357. The standard InChI is InChI=1S/C14H18N2O3/c1-4-16(9-12-5-7-15-8-6-12)13(17)10(2)11(3)14(18)19/h5-8H,4,9H2,1-3H3,(H,18,19)/b11-10-. The third kappa shape index (κ3) is 3.91. The molecule has 5 nitrogen and oxygen atoms in total. The van der Waals surface area contributed by atoms with E-state index in [1.807, 2.05) is 19.1 Å². The molecule has 5 heteroatoms. The van der Waals surface area contributed by atoms with E-state index in [1.165, 1.54) is 6.92 Å². The molecule has 19 heavy (non-hydrogen) atoms. The van der Waals surface area contributed by atoms with Gasteiger partial charge in [-0.3, -0.25) is 9.78 Å². The number of amides is 1. The first-order valence-electron chi connectivity index (χ1n) is 6.06. The Bertz CT molecular complexity index is 495. The summed E-state index contributed by atoms with van der Waals surface area (Å²) in [5.74, 6) is -1.31. The normalized spacial score (nSPS) is 11.7. The van der Waals surface area contributed by atoms with Crippen molar-refractivity contribution in [2.75, 3.05) is 6.54 Å². The first-order chi connectivity index (χ1) is 8.97. The van der Waals surface area contributed by atoms with Gasteiger partial charge in [0.15, 0.2) is 0 Å². The van der Waals surface area contributed by atoms with Crippen molar-refractivity contribution in [3.05, 3.63) is 41.2 Å². The van der Waals surface area contributed by atoms with Crippen molar-refractivity contribution in [2.24, 2.45) is 0 Å². The largest absolute Gasteiger partial charge is 0.478 e. The lowest BCUT2D eigenvalue weighted by molar-refractivity contribution is -0.134. The zero-order valence-electron chi connectivity index (χ0n) is 11.4. The summed E-state index contributed by atoms with van der Waals surface area (Å²) in [4.78, 5) is 28.6. The van der Waals surface area contributed by atoms with Crippen LogP contribution in [0.1, 0.15) is 26.3 Å². The van der Waals surface area contributed by atoms with E-state index in [0.717, 1.165) is 5.56 Å². The van der Waals surface area contributed by atoms with Crippen LogP contribution in [-0.4, -0.2) is 33.4 Å². The predicted molar refractivity (Wildman–Crippen MR) is 71.3 cm³/mol. The molecule has 1 N–H and O–H groups in total. The average molecular weight is 262 g/mol. The summed E-state index contributed by atoms with van der Waals surface area (Å²) in [6.07, 6.45) is 3.33. The molecular formula is C14H18N2O3. The Morgan fingerprint density at radius 3 is 2.26 bits per heavy atom. The number of rotatable bonds is 5. The topological polar surface area (TPSA) is 70.5 Å². The highest BCUT2D eigenvalue weighted by Crippen LogP contribution is 2.11. The van der Waals surface area contributed by atoms with Gasteiger partial charge in [-0.05, 0) is 38.5 Å². The van der Waals surface area contributed by atoms with Crippen molar-refractivity contribution in [1.29, 1.82) is 0 Å². The number of hydrogen-bond acceptors (Lipinski definition) is 3. The summed E-state index contributed by atoms with van der Waals surface area (Å²) in [5, 5.41) is 8.91. The zero-order chi connectivity index (χ0) is 14.4. The van der Waals surface area contributed by atoms with E-state index in [0.29, 0.717) is 13.1 Å². The number of carbonyl (C=O) groups excluding carboxylic acids is 1. The summed E-state index contributed by atoms with van der Waals surface area (Å²) < 4.78 is 0. The first kappa shape index (κ1) is 14.9. The molecule has 1 amide bonds. The molecule has 1 aromatic rings. The third-order valence-corrected chi connectivity index (χ3v) is 3.00. The maximum absolute atomic E-state index is 12.2. The quantitative estimate of drug-likeness (QED) is 0.822. The Morgan fingerprint density at radius 2 is 1.79 bits per heavy atom. The van der Waals surface area contributed by atoms with Crippen molar-refractivity contribution in [3.63, 3.8) is 0 Å². The van der Waals surface area contributed by atoms with Crippen LogP contribution in [0.15, 0.2) is 35.7 Å². The molecule has 0 unspecified atom stereocenters. The minimum atomic E-state index is -1.06. The summed E-state index contributed by atoms with van der Waals surface area (Å²) in [6, 6.07) is 3.66. The maximum atomic E-state index is 12.2. The van der Waals surface area contributed by atoms with Crippen LogP contribution in [0.5, 0.6) is 0 Å². The average Bonchev–Trinajstić information content (AvgIpc) is 2.43. The molecule has 1 heterocycles. The molecular weight excluding hydrogens is 244 g/mol. The van der Waals surface area contributed by atoms with Crippen LogP contribution in [0.2, 0.25) is 0 Å². The Kier molecular flexibility index (Phi) is 5.23. The van der Waals surface area contributed by atoms with Crippen LogP contribution in [0.3, 0.4) is 0 Å². The molecule has 0 aliphatic heterocycles. The molecule has 0 spiro atoms. The van der Waals surface area contributed by atoms with Gasteiger partial charge in [-0.25, -0.2) is 4.79 Å². The number of carboxylic acids is 1. The number of nitrogens with zero attached hydrogens (tertiary/aromatic N) is 2. The van der Waals surface area contributed by atoms with E-state index in [2.05, 4.69) is 4.98 Å². The lowest BCUT2D eigenvalue weighted by Gasteiger charge is -2.21. The van der Waals surface area contributed by atoms with Gasteiger partial charge in [0.1, 0.15) is 0 Å². The van der Waals surface area contributed by atoms with Crippen LogP contribution in [0.25, 0.3) is 0 Å². The van der Waals surface area contributed by atoms with Gasteiger partial charge in [0, 0.05) is 36.6 Å². The molecule has 0 atom stereocenters. The predicted octanol–water partition coefficient (Wildman–Crippen LogP) is 1.85. The highest BCUT2D eigenvalue weighted by molar-refractivity contribution is 6.01. The van der Waals surface area contributed by atoms with Crippen LogP contribution >= 0.6 is 0 Å². The molecule has 0 saturated heterocycles. The Morgan fingerprint density at radius 1 is 1.21 bits per heavy atom. The smallest absolute Gasteiger partial charge is 0.331 e. The van der Waals surface area contributed by atoms with Gasteiger partial charge in [-0.1, -0.05) is 0 Å². The number of carbonyl (C=O) groups is 2. The third-order valence-electron chi connectivity index (χ3n) is 3.00. The highest BCUT2D eigenvalue weighted by atomic mass is 16.4. The van der Waals surface area contributed by atoms with Crippen molar-refractivity contribution in [1.82, 2.24) is 9.88 Å². The van der Waals surface area contributed by atoms with E-state index in [9.17, 15) is 9.59 Å². The summed E-state index contributed by atoms with van der Waals surface area (Å²) in [7, 11) is 0. The number of aromatic nitrogens is 1. The molecule has 0 saturated carbocycles. The first-order valence-corrected chi connectivity index (χ1v) is 6.06. The van der Waals surface area contributed by atoms with Gasteiger partial charge >= 0.3 is 5.97 Å². The zero-order valence-corrected chi connectivity index (χ0v) is 11.4. The van der Waals surface area contributed by atoms with E-state index >= 15 is 0 Å². The molecule has 102 valence electrons. The van der Waals surface area contributed by atoms with Crippen LogP contribution in [0.4, 0.5) is 0 Å². The minimum absolute atomic E-state index is 0.0816. The Balaban J connectivity index is 2.89. The lowest BCUT2D eigenvalue weighted by atomic mass is 10.1. The van der Waals surface area contributed by atoms with Gasteiger partial charge in [-0.15, -0.1) is 0 Å². The van der Waals surface area contributed by atoms with E-state index in [-0.39, 0.29) is 17.1 Å². The number of hydrogen-bond donors (Lipinski definition) is 1. The van der Waals surface area contributed by atoms with Gasteiger partial charge < -0.3 is 10.0 Å². The molecule has 1 aromatic heterocycles. The Labute approximate surface area is 112 Å². The number of carboxylic acid groups (broad SMARTS) is 1. The van der Waals surface area contributed by atoms with Crippen LogP contribution < -0.4 is 0 Å². The van der Waals surface area contributed by atoms with E-state index in [1.54, 1.807) is 24.2 Å². The Hall–Kier alpha value is -2.17. The molecule has 0 aliphatic carbocycles. The summed E-state index contributed by atoms with van der Waals surface area (Å²) >= 11 is 0. The van der Waals surface area contributed by atoms with Gasteiger partial charge in [-0.2, -0.15) is 0 Å². The highest BCUT2D eigenvalue weighted by Gasteiger charge is 2.18. The number of aliphatic carboxylic acids is 1. The van der Waals surface area contributed by atoms with Crippen molar-refractivity contribution < 1.29 is 14.7 Å². The van der Waals surface area contributed by atoms with Crippen molar-refractivity contribution >= 4 is 11.9 Å². The number of pyridine rings is 1. The molecule has 0 radical (unpaired) electrons. The van der Waals surface area contributed by atoms with Gasteiger partial charge in [0.05, 0.1) is 0 Å². The second-order valence-electron chi connectivity index (χ2n) is 4.23.